The normalized spacial score (nSPS) is 13.0. The number of carbonyl (C=O) groups is 1. The van der Waals surface area contributed by atoms with Crippen LogP contribution in [-0.4, -0.2) is 31.4 Å². The summed E-state index contributed by atoms with van der Waals surface area (Å²) in [6.45, 7) is 8.27. The Bertz CT molecular complexity index is 363. The highest BCUT2D eigenvalue weighted by Gasteiger charge is 2.41. The molecule has 0 rings (SSSR count). The fourth-order valence-corrected chi connectivity index (χ4v) is 4.85. The zero-order valence-corrected chi connectivity index (χ0v) is 17.7. The Morgan fingerprint density at radius 1 is 0.760 bits per heavy atom. The summed E-state index contributed by atoms with van der Waals surface area (Å²) < 4.78 is 28.8. The topological polar surface area (TPSA) is 61.8 Å². The molecule has 1 unspecified atom stereocenters. The van der Waals surface area contributed by atoms with E-state index in [1.807, 2.05) is 0 Å². The van der Waals surface area contributed by atoms with Crippen LogP contribution in [0, 0.1) is 0 Å². The summed E-state index contributed by atoms with van der Waals surface area (Å²) in [7, 11) is -3.46. The van der Waals surface area contributed by atoms with Crippen LogP contribution in [0.1, 0.15) is 91.9 Å². The molecule has 0 aromatic heterocycles. The summed E-state index contributed by atoms with van der Waals surface area (Å²) in [5.74, 6) is -0.465. The summed E-state index contributed by atoms with van der Waals surface area (Å²) in [6, 6.07) is 0. The Labute approximate surface area is 154 Å². The van der Waals surface area contributed by atoms with Crippen molar-refractivity contribution in [3.05, 3.63) is 0 Å². The number of hydrogen-bond donors (Lipinski definition) is 0. The predicted molar refractivity (Wildman–Crippen MR) is 103 cm³/mol. The van der Waals surface area contributed by atoms with Crippen LogP contribution in [0.25, 0.3) is 0 Å². The van der Waals surface area contributed by atoms with Crippen molar-refractivity contribution in [3.63, 3.8) is 0 Å². The van der Waals surface area contributed by atoms with Crippen molar-refractivity contribution in [1.29, 1.82) is 0 Å². The average Bonchev–Trinajstić information content (AvgIpc) is 2.57. The van der Waals surface area contributed by atoms with Crippen molar-refractivity contribution in [2.45, 2.75) is 97.6 Å². The van der Waals surface area contributed by atoms with Crippen LogP contribution in [0.3, 0.4) is 0 Å². The Morgan fingerprint density at radius 3 is 1.68 bits per heavy atom. The van der Waals surface area contributed by atoms with E-state index in [1.54, 1.807) is 20.8 Å². The van der Waals surface area contributed by atoms with E-state index in [0.29, 0.717) is 6.42 Å². The lowest BCUT2D eigenvalue weighted by molar-refractivity contribution is -0.143. The van der Waals surface area contributed by atoms with Gasteiger partial charge in [-0.25, -0.2) is 0 Å². The van der Waals surface area contributed by atoms with Crippen molar-refractivity contribution in [3.8, 4) is 0 Å². The van der Waals surface area contributed by atoms with Gasteiger partial charge in [-0.1, -0.05) is 64.7 Å². The molecule has 0 aliphatic rings. The Balaban J connectivity index is 4.36. The third-order valence-electron chi connectivity index (χ3n) is 4.14. The third kappa shape index (κ3) is 11.0. The van der Waals surface area contributed by atoms with Gasteiger partial charge in [0.15, 0.2) is 5.66 Å². The monoisotopic (exact) mass is 378 g/mol. The SMILES string of the molecule is CCCCCCCCCCCC(C(=O)OCC)P(=O)(OCC)OCC. The molecule has 0 radical (unpaired) electrons. The molecule has 0 amide bonds. The van der Waals surface area contributed by atoms with Crippen LogP contribution in [0.2, 0.25) is 0 Å². The summed E-state index contributed by atoms with van der Waals surface area (Å²) in [6.07, 6.45) is 11.2. The number of hydrogen-bond acceptors (Lipinski definition) is 5. The minimum atomic E-state index is -3.46. The summed E-state index contributed by atoms with van der Waals surface area (Å²) in [4.78, 5) is 12.3. The molecule has 0 saturated carbocycles. The standard InChI is InChI=1S/C19H39O5P/c1-5-9-10-11-12-13-14-15-16-17-18(19(20)22-6-2)25(21,23-7-3)24-8-4/h18H,5-17H2,1-4H3. The van der Waals surface area contributed by atoms with Crippen molar-refractivity contribution < 1.29 is 23.1 Å². The molecule has 0 bridgehead atoms. The number of rotatable bonds is 17. The molecule has 0 aromatic carbocycles. The molecular formula is C19H39O5P. The first-order chi connectivity index (χ1) is 12.1. The van der Waals surface area contributed by atoms with Crippen molar-refractivity contribution >= 4 is 13.6 Å². The Morgan fingerprint density at radius 2 is 1.24 bits per heavy atom. The van der Waals surface area contributed by atoms with Gasteiger partial charge in [-0.2, -0.15) is 0 Å². The van der Waals surface area contributed by atoms with E-state index in [0.717, 1.165) is 19.3 Å². The highest BCUT2D eigenvalue weighted by atomic mass is 31.2. The van der Waals surface area contributed by atoms with E-state index in [9.17, 15) is 9.36 Å². The molecule has 0 spiro atoms. The second kappa shape index (κ2) is 15.8. The fourth-order valence-electron chi connectivity index (χ4n) is 2.87. The van der Waals surface area contributed by atoms with Gasteiger partial charge in [-0.15, -0.1) is 0 Å². The van der Waals surface area contributed by atoms with E-state index in [-0.39, 0.29) is 19.8 Å². The summed E-state index contributed by atoms with van der Waals surface area (Å²) in [5, 5.41) is 0. The smallest absolute Gasteiger partial charge is 0.344 e. The molecule has 0 aromatic rings. The number of unbranched alkanes of at least 4 members (excludes halogenated alkanes) is 8. The molecular weight excluding hydrogens is 339 g/mol. The molecule has 5 nitrogen and oxygen atoms in total. The van der Waals surface area contributed by atoms with Gasteiger partial charge in [-0.3, -0.25) is 9.36 Å². The van der Waals surface area contributed by atoms with Crippen molar-refractivity contribution in [1.82, 2.24) is 0 Å². The van der Waals surface area contributed by atoms with Gasteiger partial charge in [0, 0.05) is 0 Å². The van der Waals surface area contributed by atoms with E-state index < -0.39 is 19.2 Å². The maximum atomic E-state index is 13.0. The van der Waals surface area contributed by atoms with Crippen LogP contribution in [-0.2, 0) is 23.1 Å². The van der Waals surface area contributed by atoms with E-state index in [2.05, 4.69) is 6.92 Å². The van der Waals surface area contributed by atoms with Crippen molar-refractivity contribution in [2.75, 3.05) is 19.8 Å². The van der Waals surface area contributed by atoms with Gasteiger partial charge in [0.05, 0.1) is 19.8 Å². The predicted octanol–water partition coefficient (Wildman–Crippen LogP) is 6.11. The minimum absolute atomic E-state index is 0.255. The van der Waals surface area contributed by atoms with Crippen LogP contribution >= 0.6 is 7.60 Å². The molecule has 0 aliphatic heterocycles. The van der Waals surface area contributed by atoms with Crippen LogP contribution < -0.4 is 0 Å². The number of carbonyl (C=O) groups excluding carboxylic acids is 1. The molecule has 0 fully saturated rings. The number of ether oxygens (including phenoxy) is 1. The molecule has 0 saturated heterocycles. The Kier molecular flexibility index (Phi) is 15.6. The van der Waals surface area contributed by atoms with E-state index in [1.165, 1.54) is 38.5 Å². The minimum Gasteiger partial charge on any atom is -0.465 e. The first kappa shape index (κ1) is 24.6. The van der Waals surface area contributed by atoms with E-state index >= 15 is 0 Å². The molecule has 0 heterocycles. The lowest BCUT2D eigenvalue weighted by Crippen LogP contribution is -2.26. The quantitative estimate of drug-likeness (QED) is 0.174. The van der Waals surface area contributed by atoms with Gasteiger partial charge in [0.25, 0.3) is 0 Å². The summed E-state index contributed by atoms with van der Waals surface area (Å²) in [5.41, 5.74) is -0.808. The maximum absolute atomic E-state index is 13.0. The average molecular weight is 378 g/mol. The molecule has 150 valence electrons. The molecule has 25 heavy (non-hydrogen) atoms. The highest BCUT2D eigenvalue weighted by molar-refractivity contribution is 7.55. The van der Waals surface area contributed by atoms with Gasteiger partial charge in [0.2, 0.25) is 0 Å². The van der Waals surface area contributed by atoms with Gasteiger partial charge in [0.1, 0.15) is 0 Å². The maximum Gasteiger partial charge on any atom is 0.344 e. The molecule has 1 atom stereocenters. The zero-order chi connectivity index (χ0) is 19.0. The highest BCUT2D eigenvalue weighted by Crippen LogP contribution is 2.55. The van der Waals surface area contributed by atoms with Crippen LogP contribution in [0.4, 0.5) is 0 Å². The van der Waals surface area contributed by atoms with Crippen molar-refractivity contribution in [2.24, 2.45) is 0 Å². The first-order valence-electron chi connectivity index (χ1n) is 10.1. The van der Waals surface area contributed by atoms with Crippen LogP contribution in [0.15, 0.2) is 0 Å². The lowest BCUT2D eigenvalue weighted by atomic mass is 10.1. The lowest BCUT2D eigenvalue weighted by Gasteiger charge is -2.24. The van der Waals surface area contributed by atoms with Gasteiger partial charge < -0.3 is 13.8 Å². The summed E-state index contributed by atoms with van der Waals surface area (Å²) >= 11 is 0. The number of esters is 1. The molecule has 6 heteroatoms. The first-order valence-corrected chi connectivity index (χ1v) is 11.7. The second-order valence-electron chi connectivity index (χ2n) is 6.26. The third-order valence-corrected chi connectivity index (χ3v) is 6.61. The Hall–Kier alpha value is -0.380. The zero-order valence-electron chi connectivity index (χ0n) is 16.8. The van der Waals surface area contributed by atoms with E-state index in [4.69, 9.17) is 13.8 Å². The molecule has 0 aliphatic carbocycles. The fraction of sp³-hybridized carbons (Fsp3) is 0.947. The largest absolute Gasteiger partial charge is 0.465 e. The van der Waals surface area contributed by atoms with Gasteiger partial charge >= 0.3 is 13.6 Å². The van der Waals surface area contributed by atoms with Gasteiger partial charge in [-0.05, 0) is 27.2 Å². The molecule has 0 N–H and O–H groups in total. The second-order valence-corrected chi connectivity index (χ2v) is 8.48. The van der Waals surface area contributed by atoms with Crippen LogP contribution in [0.5, 0.6) is 0 Å².